The van der Waals surface area contributed by atoms with Gasteiger partial charge in [0.15, 0.2) is 0 Å². The Morgan fingerprint density at radius 1 is 1.54 bits per heavy atom. The van der Waals surface area contributed by atoms with E-state index in [0.717, 1.165) is 0 Å². The number of hydrogen-bond donors (Lipinski definition) is 1. The van der Waals surface area contributed by atoms with Crippen LogP contribution in [0.4, 0.5) is 0 Å². The molecule has 0 aliphatic heterocycles. The van der Waals surface area contributed by atoms with Crippen molar-refractivity contribution in [3.05, 3.63) is 29.6 Å². The summed E-state index contributed by atoms with van der Waals surface area (Å²) in [6, 6.07) is 4.95. The fourth-order valence-corrected chi connectivity index (χ4v) is 1.12. The van der Waals surface area contributed by atoms with Crippen molar-refractivity contribution in [3.8, 4) is 0 Å². The van der Waals surface area contributed by atoms with Crippen LogP contribution in [-0.4, -0.2) is 16.1 Å². The molecular formula is C8H7Cl2NO2. The molecule has 70 valence electrons. The van der Waals surface area contributed by atoms with Crippen LogP contribution >= 0.6 is 23.2 Å². The Morgan fingerprint density at radius 2 is 2.23 bits per heavy atom. The second-order valence-electron chi connectivity index (χ2n) is 2.43. The molecule has 0 radical (unpaired) electrons. The molecule has 0 aliphatic rings. The Labute approximate surface area is 85.3 Å². The number of aliphatic carboxylic acids is 1. The van der Waals surface area contributed by atoms with Gasteiger partial charge in [-0.3, -0.25) is 9.78 Å². The minimum Gasteiger partial charge on any atom is -0.481 e. The molecule has 0 amide bonds. The molecule has 0 aromatic carbocycles. The lowest BCUT2D eigenvalue weighted by Crippen LogP contribution is -2.03. The summed E-state index contributed by atoms with van der Waals surface area (Å²) in [4.78, 5) is 13.6. The highest BCUT2D eigenvalue weighted by molar-refractivity contribution is 6.43. The lowest BCUT2D eigenvalue weighted by molar-refractivity contribution is -0.136. The molecular weight excluding hydrogens is 213 g/mol. The van der Waals surface area contributed by atoms with E-state index in [0.29, 0.717) is 11.4 Å². The summed E-state index contributed by atoms with van der Waals surface area (Å²) in [5, 5.41) is 8.49. The highest BCUT2D eigenvalue weighted by atomic mass is 35.5. The largest absolute Gasteiger partial charge is 0.481 e. The van der Waals surface area contributed by atoms with E-state index >= 15 is 0 Å². The number of halogens is 2. The van der Waals surface area contributed by atoms with Crippen LogP contribution in [0.1, 0.15) is 16.2 Å². The molecule has 13 heavy (non-hydrogen) atoms. The first-order valence-corrected chi connectivity index (χ1v) is 4.42. The molecule has 1 rings (SSSR count). The van der Waals surface area contributed by atoms with Crippen LogP contribution in [0.25, 0.3) is 0 Å². The lowest BCUT2D eigenvalue weighted by Gasteiger charge is -2.02. The summed E-state index contributed by atoms with van der Waals surface area (Å²) in [5.41, 5.74) is 0.929. The Kier molecular flexibility index (Phi) is 3.51. The van der Waals surface area contributed by atoms with Gasteiger partial charge in [-0.1, -0.05) is 29.3 Å². The van der Waals surface area contributed by atoms with E-state index in [-0.39, 0.29) is 6.42 Å². The SMILES string of the molecule is O=C(O)Cc1cccc(C(Cl)Cl)n1. The summed E-state index contributed by atoms with van der Waals surface area (Å²) in [7, 11) is 0. The van der Waals surface area contributed by atoms with Crippen molar-refractivity contribution in [2.24, 2.45) is 0 Å². The highest BCUT2D eigenvalue weighted by Gasteiger charge is 2.07. The van der Waals surface area contributed by atoms with Crippen molar-refractivity contribution < 1.29 is 9.90 Å². The third-order valence-corrected chi connectivity index (χ3v) is 1.83. The van der Waals surface area contributed by atoms with Crippen LogP contribution in [0.5, 0.6) is 0 Å². The Balaban J connectivity index is 2.85. The Hall–Kier alpha value is -0.800. The van der Waals surface area contributed by atoms with E-state index in [9.17, 15) is 4.79 Å². The second kappa shape index (κ2) is 4.44. The van der Waals surface area contributed by atoms with E-state index in [2.05, 4.69) is 4.98 Å². The zero-order valence-corrected chi connectivity index (χ0v) is 8.09. The molecule has 0 aliphatic carbocycles. The van der Waals surface area contributed by atoms with Crippen molar-refractivity contribution >= 4 is 29.2 Å². The van der Waals surface area contributed by atoms with Gasteiger partial charge < -0.3 is 5.11 Å². The summed E-state index contributed by atoms with van der Waals surface area (Å²) in [6.07, 6.45) is -0.117. The minimum absolute atomic E-state index is 0.117. The van der Waals surface area contributed by atoms with Crippen molar-refractivity contribution in [1.82, 2.24) is 4.98 Å². The standard InChI is InChI=1S/C8H7Cl2NO2/c9-8(10)6-3-1-2-5(11-6)4-7(12)13/h1-3,8H,4H2,(H,12,13). The van der Waals surface area contributed by atoms with Gasteiger partial charge in [-0.2, -0.15) is 0 Å². The molecule has 0 saturated heterocycles. The van der Waals surface area contributed by atoms with Gasteiger partial charge in [-0.05, 0) is 12.1 Å². The fourth-order valence-electron chi connectivity index (χ4n) is 0.873. The van der Waals surface area contributed by atoms with Gasteiger partial charge in [0.05, 0.1) is 17.8 Å². The summed E-state index contributed by atoms with van der Waals surface area (Å²) in [5.74, 6) is -0.926. The molecule has 5 heteroatoms. The quantitative estimate of drug-likeness (QED) is 0.794. The minimum atomic E-state index is -0.926. The number of pyridine rings is 1. The topological polar surface area (TPSA) is 50.2 Å². The van der Waals surface area contributed by atoms with Crippen molar-refractivity contribution in [3.63, 3.8) is 0 Å². The highest BCUT2D eigenvalue weighted by Crippen LogP contribution is 2.22. The number of alkyl halides is 2. The molecule has 0 spiro atoms. The van der Waals surface area contributed by atoms with Crippen LogP contribution in [0.15, 0.2) is 18.2 Å². The predicted octanol–water partition coefficient (Wildman–Crippen LogP) is 2.18. The first-order valence-electron chi connectivity index (χ1n) is 3.55. The number of aromatic nitrogens is 1. The number of rotatable bonds is 3. The third kappa shape index (κ3) is 3.20. The number of hydrogen-bond acceptors (Lipinski definition) is 2. The maximum atomic E-state index is 10.3. The van der Waals surface area contributed by atoms with Gasteiger partial charge in [0, 0.05) is 0 Å². The average molecular weight is 220 g/mol. The maximum absolute atomic E-state index is 10.3. The number of nitrogens with zero attached hydrogens (tertiary/aromatic N) is 1. The van der Waals surface area contributed by atoms with Gasteiger partial charge in [-0.25, -0.2) is 0 Å². The molecule has 0 unspecified atom stereocenters. The molecule has 1 N–H and O–H groups in total. The molecule has 1 heterocycles. The lowest BCUT2D eigenvalue weighted by atomic mass is 10.2. The van der Waals surface area contributed by atoms with Gasteiger partial charge in [-0.15, -0.1) is 0 Å². The average Bonchev–Trinajstić information content (AvgIpc) is 2.03. The third-order valence-electron chi connectivity index (χ3n) is 1.38. The van der Waals surface area contributed by atoms with Crippen LogP contribution in [0.2, 0.25) is 0 Å². The molecule has 0 saturated carbocycles. The van der Waals surface area contributed by atoms with Gasteiger partial charge in [0.1, 0.15) is 4.84 Å². The molecule has 3 nitrogen and oxygen atoms in total. The monoisotopic (exact) mass is 219 g/mol. The van der Waals surface area contributed by atoms with Crippen LogP contribution in [0, 0.1) is 0 Å². The summed E-state index contributed by atoms with van der Waals surface area (Å²) < 4.78 is 0. The van der Waals surface area contributed by atoms with Crippen LogP contribution in [0.3, 0.4) is 0 Å². The van der Waals surface area contributed by atoms with Crippen molar-refractivity contribution in [2.45, 2.75) is 11.3 Å². The summed E-state index contributed by atoms with van der Waals surface area (Å²) >= 11 is 11.1. The molecule has 1 aromatic heterocycles. The smallest absolute Gasteiger partial charge is 0.309 e. The van der Waals surface area contributed by atoms with E-state index in [1.807, 2.05) is 0 Å². The van der Waals surface area contributed by atoms with Gasteiger partial charge in [0.2, 0.25) is 0 Å². The van der Waals surface area contributed by atoms with E-state index in [1.54, 1.807) is 18.2 Å². The zero-order chi connectivity index (χ0) is 9.84. The number of carbonyl (C=O) groups is 1. The van der Waals surface area contributed by atoms with Crippen LogP contribution < -0.4 is 0 Å². The number of carboxylic acid groups (broad SMARTS) is 1. The van der Waals surface area contributed by atoms with E-state index in [1.165, 1.54) is 0 Å². The molecule has 0 atom stereocenters. The molecule has 0 bridgehead atoms. The van der Waals surface area contributed by atoms with Crippen LogP contribution in [-0.2, 0) is 11.2 Å². The molecule has 0 fully saturated rings. The maximum Gasteiger partial charge on any atom is 0.309 e. The Bertz CT molecular complexity index is 315. The first-order chi connectivity index (χ1) is 6.09. The Morgan fingerprint density at radius 3 is 2.77 bits per heavy atom. The van der Waals surface area contributed by atoms with E-state index in [4.69, 9.17) is 28.3 Å². The van der Waals surface area contributed by atoms with Crippen molar-refractivity contribution in [1.29, 1.82) is 0 Å². The van der Waals surface area contributed by atoms with E-state index < -0.39 is 10.8 Å². The first kappa shape index (κ1) is 10.3. The van der Waals surface area contributed by atoms with Crippen molar-refractivity contribution in [2.75, 3.05) is 0 Å². The molecule has 1 aromatic rings. The second-order valence-corrected chi connectivity index (χ2v) is 3.52. The summed E-state index contributed by atoms with van der Waals surface area (Å²) in [6.45, 7) is 0. The van der Waals surface area contributed by atoms with Gasteiger partial charge in [0.25, 0.3) is 0 Å². The number of carboxylic acids is 1. The normalized spacial score (nSPS) is 10.4. The predicted molar refractivity (Wildman–Crippen MR) is 50.0 cm³/mol. The van der Waals surface area contributed by atoms with Gasteiger partial charge >= 0.3 is 5.97 Å². The zero-order valence-electron chi connectivity index (χ0n) is 6.58. The fraction of sp³-hybridized carbons (Fsp3) is 0.250.